The van der Waals surface area contributed by atoms with Crippen LogP contribution in [0.4, 0.5) is 5.69 Å². The Hall–Kier alpha value is -2.49. The summed E-state index contributed by atoms with van der Waals surface area (Å²) in [6.45, 7) is 0.887. The minimum Gasteiger partial charge on any atom is -0.507 e. The van der Waals surface area contributed by atoms with Crippen LogP contribution < -0.4 is 9.75 Å². The molecule has 3 rings (SSSR count). The van der Waals surface area contributed by atoms with Gasteiger partial charge in [0.25, 0.3) is 0 Å². The maximum atomic E-state index is 9.89. The first-order chi connectivity index (χ1) is 10.3. The zero-order valence-corrected chi connectivity index (χ0v) is 12.0. The summed E-state index contributed by atoms with van der Waals surface area (Å²) in [4.78, 5) is 0. The van der Waals surface area contributed by atoms with Crippen molar-refractivity contribution >= 4 is 11.9 Å². The van der Waals surface area contributed by atoms with Crippen LogP contribution in [0.3, 0.4) is 0 Å². The van der Waals surface area contributed by atoms with Crippen LogP contribution in [0.25, 0.3) is 0 Å². The van der Waals surface area contributed by atoms with Gasteiger partial charge < -0.3 is 9.84 Å². The summed E-state index contributed by atoms with van der Waals surface area (Å²) in [5, 5.41) is 16.4. The summed E-state index contributed by atoms with van der Waals surface area (Å²) in [6, 6.07) is 13.4. The maximum absolute atomic E-state index is 9.89. The Balaban J connectivity index is 1.87. The molecule has 2 aromatic rings. The zero-order chi connectivity index (χ0) is 14.7. The topological polar surface area (TPSA) is 45.1 Å². The molecule has 1 aliphatic heterocycles. The van der Waals surface area contributed by atoms with Crippen LogP contribution in [-0.2, 0) is 6.42 Å². The largest absolute Gasteiger partial charge is 0.507 e. The number of phenolic OH excluding ortho intramolecular Hbond substituents is 1. The van der Waals surface area contributed by atoms with Crippen molar-refractivity contribution in [3.8, 4) is 11.5 Å². The monoisotopic (exact) mass is 282 g/mol. The molecule has 0 spiro atoms. The number of phenols is 1. The summed E-state index contributed by atoms with van der Waals surface area (Å²) < 4.78 is 5.17. The van der Waals surface area contributed by atoms with E-state index >= 15 is 0 Å². The van der Waals surface area contributed by atoms with Crippen molar-refractivity contribution < 1.29 is 9.84 Å². The fraction of sp³-hybridized carbons (Fsp3) is 0.235. The molecule has 108 valence electrons. The molecule has 0 amide bonds. The third-order valence-corrected chi connectivity index (χ3v) is 3.66. The molecule has 21 heavy (non-hydrogen) atoms. The second kappa shape index (κ2) is 5.87. The van der Waals surface area contributed by atoms with E-state index in [0.717, 1.165) is 25.1 Å². The molecule has 0 saturated heterocycles. The van der Waals surface area contributed by atoms with E-state index in [2.05, 4.69) is 23.3 Å². The van der Waals surface area contributed by atoms with E-state index < -0.39 is 0 Å². The number of anilines is 1. The Morgan fingerprint density at radius 3 is 2.95 bits per heavy atom. The Labute approximate surface area is 124 Å². The molecule has 0 bridgehead atoms. The van der Waals surface area contributed by atoms with Crippen molar-refractivity contribution in [3.63, 3.8) is 0 Å². The van der Waals surface area contributed by atoms with Crippen molar-refractivity contribution in [1.82, 2.24) is 0 Å². The first-order valence-electron chi connectivity index (χ1n) is 7.04. The SMILES string of the molecule is COc1ccc(O)c(/C=N/N2CCCc3ccccc32)c1. The molecule has 0 aliphatic carbocycles. The number of benzene rings is 2. The Bertz CT molecular complexity index is 668. The van der Waals surface area contributed by atoms with E-state index in [1.165, 1.54) is 5.56 Å². The maximum Gasteiger partial charge on any atom is 0.124 e. The number of aryl methyl sites for hydroxylation is 1. The van der Waals surface area contributed by atoms with Gasteiger partial charge in [-0.15, -0.1) is 0 Å². The van der Waals surface area contributed by atoms with Crippen LogP contribution in [0.2, 0.25) is 0 Å². The summed E-state index contributed by atoms with van der Waals surface area (Å²) in [6.07, 6.45) is 3.85. The van der Waals surface area contributed by atoms with Crippen LogP contribution in [0, 0.1) is 0 Å². The van der Waals surface area contributed by atoms with E-state index in [9.17, 15) is 5.11 Å². The third-order valence-electron chi connectivity index (χ3n) is 3.66. The van der Waals surface area contributed by atoms with Gasteiger partial charge in [0.2, 0.25) is 0 Å². The normalized spacial score (nSPS) is 14.2. The van der Waals surface area contributed by atoms with Crippen molar-refractivity contribution in [2.75, 3.05) is 18.7 Å². The molecule has 1 aliphatic rings. The first kappa shape index (κ1) is 13.5. The number of hydrogen-bond acceptors (Lipinski definition) is 4. The molecule has 0 radical (unpaired) electrons. The lowest BCUT2D eigenvalue weighted by Crippen LogP contribution is -2.24. The molecule has 4 heteroatoms. The fourth-order valence-electron chi connectivity index (χ4n) is 2.53. The number of ether oxygens (including phenoxy) is 1. The van der Waals surface area contributed by atoms with Crippen LogP contribution in [0.1, 0.15) is 17.5 Å². The summed E-state index contributed by atoms with van der Waals surface area (Å²) in [5.74, 6) is 0.901. The summed E-state index contributed by atoms with van der Waals surface area (Å²) >= 11 is 0. The lowest BCUT2D eigenvalue weighted by Gasteiger charge is -2.26. The van der Waals surface area contributed by atoms with Gasteiger partial charge in [0.1, 0.15) is 11.5 Å². The molecule has 4 nitrogen and oxygen atoms in total. The van der Waals surface area contributed by atoms with E-state index in [0.29, 0.717) is 11.3 Å². The average molecular weight is 282 g/mol. The van der Waals surface area contributed by atoms with Crippen LogP contribution in [-0.4, -0.2) is 25.0 Å². The van der Waals surface area contributed by atoms with Gasteiger partial charge in [-0.3, -0.25) is 5.01 Å². The highest BCUT2D eigenvalue weighted by molar-refractivity contribution is 5.84. The zero-order valence-electron chi connectivity index (χ0n) is 12.0. The molecule has 1 heterocycles. The van der Waals surface area contributed by atoms with Gasteiger partial charge in [-0.05, 0) is 42.7 Å². The number of para-hydroxylation sites is 1. The Morgan fingerprint density at radius 2 is 2.10 bits per heavy atom. The lowest BCUT2D eigenvalue weighted by molar-refractivity contribution is 0.412. The van der Waals surface area contributed by atoms with Crippen molar-refractivity contribution in [1.29, 1.82) is 0 Å². The van der Waals surface area contributed by atoms with Crippen LogP contribution >= 0.6 is 0 Å². The smallest absolute Gasteiger partial charge is 0.124 e. The molecule has 1 N–H and O–H groups in total. The number of aromatic hydroxyl groups is 1. The molecule has 0 saturated carbocycles. The van der Waals surface area contributed by atoms with E-state index in [1.807, 2.05) is 11.1 Å². The summed E-state index contributed by atoms with van der Waals surface area (Å²) in [7, 11) is 1.61. The van der Waals surface area contributed by atoms with Crippen molar-refractivity contribution in [3.05, 3.63) is 53.6 Å². The van der Waals surface area contributed by atoms with E-state index in [4.69, 9.17) is 4.74 Å². The van der Waals surface area contributed by atoms with Gasteiger partial charge in [0.15, 0.2) is 0 Å². The van der Waals surface area contributed by atoms with Crippen molar-refractivity contribution in [2.24, 2.45) is 5.10 Å². The molecule has 0 fully saturated rings. The van der Waals surface area contributed by atoms with Gasteiger partial charge in [0.05, 0.1) is 19.0 Å². The van der Waals surface area contributed by atoms with Gasteiger partial charge in [-0.1, -0.05) is 18.2 Å². The molecular formula is C17H18N2O2. The number of fused-ring (bicyclic) bond motifs is 1. The number of methoxy groups -OCH3 is 1. The minimum atomic E-state index is 0.199. The predicted octanol–water partition coefficient (Wildman–Crippen LogP) is 3.19. The minimum absolute atomic E-state index is 0.199. The molecule has 0 unspecified atom stereocenters. The lowest BCUT2D eigenvalue weighted by atomic mass is 10.0. The number of hydrogen-bond donors (Lipinski definition) is 1. The van der Waals surface area contributed by atoms with Crippen LogP contribution in [0.5, 0.6) is 11.5 Å². The molecule has 0 aromatic heterocycles. The third kappa shape index (κ3) is 2.84. The van der Waals surface area contributed by atoms with Crippen LogP contribution in [0.15, 0.2) is 47.6 Å². The number of nitrogens with zero attached hydrogens (tertiary/aromatic N) is 2. The van der Waals surface area contributed by atoms with Gasteiger partial charge in [-0.25, -0.2) is 0 Å². The molecular weight excluding hydrogens is 264 g/mol. The number of hydrazone groups is 1. The highest BCUT2D eigenvalue weighted by Gasteiger charge is 2.15. The van der Waals surface area contributed by atoms with E-state index in [-0.39, 0.29) is 5.75 Å². The molecule has 0 atom stereocenters. The first-order valence-corrected chi connectivity index (χ1v) is 7.04. The molecule has 2 aromatic carbocycles. The number of rotatable bonds is 3. The highest BCUT2D eigenvalue weighted by Crippen LogP contribution is 2.27. The second-order valence-corrected chi connectivity index (χ2v) is 5.02. The second-order valence-electron chi connectivity index (χ2n) is 5.02. The van der Waals surface area contributed by atoms with Gasteiger partial charge >= 0.3 is 0 Å². The summed E-state index contributed by atoms with van der Waals surface area (Å²) in [5.41, 5.74) is 3.11. The Kier molecular flexibility index (Phi) is 3.77. The standard InChI is InChI=1S/C17H18N2O2/c1-21-15-8-9-17(20)14(11-15)12-18-19-10-4-6-13-5-2-3-7-16(13)19/h2-3,5,7-9,11-12,20H,4,6,10H2,1H3/b18-12+. The van der Waals surface area contributed by atoms with Gasteiger partial charge in [0, 0.05) is 12.1 Å². The quantitative estimate of drug-likeness (QED) is 0.879. The Morgan fingerprint density at radius 1 is 1.24 bits per heavy atom. The fourth-order valence-corrected chi connectivity index (χ4v) is 2.53. The van der Waals surface area contributed by atoms with Crippen molar-refractivity contribution in [2.45, 2.75) is 12.8 Å². The van der Waals surface area contributed by atoms with Gasteiger partial charge in [-0.2, -0.15) is 5.10 Å². The highest BCUT2D eigenvalue weighted by atomic mass is 16.5. The van der Waals surface area contributed by atoms with E-state index in [1.54, 1.807) is 31.5 Å². The predicted molar refractivity (Wildman–Crippen MR) is 84.4 cm³/mol. The average Bonchev–Trinajstić information content (AvgIpc) is 2.54.